The normalized spacial score (nSPS) is 13.2. The molecule has 0 radical (unpaired) electrons. The molecule has 1 atom stereocenters. The summed E-state index contributed by atoms with van der Waals surface area (Å²) in [5.41, 5.74) is 1.03. The third kappa shape index (κ3) is 4.44. The van der Waals surface area contributed by atoms with Gasteiger partial charge in [-0.05, 0) is 6.92 Å². The molecule has 94 valence electrons. The minimum atomic E-state index is -0.0693. The van der Waals surface area contributed by atoms with E-state index in [0.29, 0.717) is 6.61 Å². The van der Waals surface area contributed by atoms with Crippen LogP contribution < -0.4 is 5.32 Å². The van der Waals surface area contributed by atoms with Gasteiger partial charge in [-0.25, -0.2) is 0 Å². The molecule has 0 aliphatic rings. The molecule has 1 N–H and O–H groups in total. The van der Waals surface area contributed by atoms with E-state index in [-0.39, 0.29) is 11.6 Å². The van der Waals surface area contributed by atoms with Crippen molar-refractivity contribution in [3.8, 4) is 0 Å². The minimum Gasteiger partial charge on any atom is -0.358 e. The molecule has 0 aromatic heterocycles. The molecule has 0 saturated carbocycles. The van der Waals surface area contributed by atoms with Gasteiger partial charge in [-0.3, -0.25) is 0 Å². The van der Waals surface area contributed by atoms with Crippen molar-refractivity contribution in [2.45, 2.75) is 33.9 Å². The first-order valence-corrected chi connectivity index (χ1v) is 6.33. The molecule has 0 aliphatic heterocycles. The van der Waals surface area contributed by atoms with Gasteiger partial charge in [0, 0.05) is 17.6 Å². The van der Waals surface area contributed by atoms with Crippen LogP contribution in [0.15, 0.2) is 30.3 Å². The van der Waals surface area contributed by atoms with Gasteiger partial charge in [-0.2, -0.15) is 0 Å². The molecule has 3 heteroatoms. The molecule has 1 aromatic carbocycles. The molecule has 1 aromatic rings. The van der Waals surface area contributed by atoms with Gasteiger partial charge in [0.05, 0.1) is 0 Å². The van der Waals surface area contributed by atoms with Crippen LogP contribution in [0.4, 0.5) is 0 Å². The van der Waals surface area contributed by atoms with E-state index in [2.05, 4.69) is 26.1 Å². The number of nitrogens with one attached hydrogen (secondary N) is 1. The molecule has 17 heavy (non-hydrogen) atoms. The number of thiocarbonyl (C=S) groups is 1. The lowest BCUT2D eigenvalue weighted by molar-refractivity contribution is -0.0206. The number of hydrogen-bond donors (Lipinski definition) is 1. The van der Waals surface area contributed by atoms with Crippen LogP contribution in [0.25, 0.3) is 0 Å². The van der Waals surface area contributed by atoms with E-state index in [1.54, 1.807) is 0 Å². The van der Waals surface area contributed by atoms with Crippen LogP contribution in [0.2, 0.25) is 0 Å². The predicted octanol–water partition coefficient (Wildman–Crippen LogP) is 3.36. The van der Waals surface area contributed by atoms with Gasteiger partial charge in [0.25, 0.3) is 0 Å². The molecular formula is C14H21NOS. The molecule has 0 spiro atoms. The van der Waals surface area contributed by atoms with E-state index in [9.17, 15) is 0 Å². The van der Waals surface area contributed by atoms with Crippen LogP contribution in [-0.2, 0) is 4.74 Å². The van der Waals surface area contributed by atoms with Gasteiger partial charge in [0.2, 0.25) is 0 Å². The summed E-state index contributed by atoms with van der Waals surface area (Å²) < 4.78 is 5.70. The highest BCUT2D eigenvalue weighted by molar-refractivity contribution is 7.80. The number of benzene rings is 1. The van der Waals surface area contributed by atoms with Gasteiger partial charge < -0.3 is 10.1 Å². The maximum absolute atomic E-state index is 5.70. The summed E-state index contributed by atoms with van der Waals surface area (Å²) in [5.74, 6) is 0. The van der Waals surface area contributed by atoms with E-state index in [4.69, 9.17) is 17.0 Å². The second kappa shape index (κ2) is 6.12. The molecule has 0 fully saturated rings. The van der Waals surface area contributed by atoms with E-state index in [1.807, 2.05) is 37.3 Å². The fourth-order valence-electron chi connectivity index (χ4n) is 1.47. The summed E-state index contributed by atoms with van der Waals surface area (Å²) >= 11 is 5.39. The van der Waals surface area contributed by atoms with Crippen molar-refractivity contribution in [3.63, 3.8) is 0 Å². The van der Waals surface area contributed by atoms with Crippen molar-refractivity contribution >= 4 is 17.2 Å². The lowest BCUT2D eigenvalue weighted by Gasteiger charge is -2.32. The largest absolute Gasteiger partial charge is 0.358 e. The molecule has 2 nitrogen and oxygen atoms in total. The zero-order chi connectivity index (χ0) is 12.9. The van der Waals surface area contributed by atoms with Crippen LogP contribution >= 0.6 is 12.2 Å². The zero-order valence-electron chi connectivity index (χ0n) is 11.0. The Morgan fingerprint density at radius 2 is 1.88 bits per heavy atom. The summed E-state index contributed by atoms with van der Waals surface area (Å²) in [5, 5.41) is 3.28. The van der Waals surface area contributed by atoms with Gasteiger partial charge in [-0.1, -0.05) is 63.3 Å². The third-order valence-electron chi connectivity index (χ3n) is 2.42. The maximum atomic E-state index is 5.70. The predicted molar refractivity (Wildman–Crippen MR) is 76.1 cm³/mol. The average molecular weight is 251 g/mol. The second-order valence-corrected chi connectivity index (χ2v) is 5.45. The van der Waals surface area contributed by atoms with Gasteiger partial charge in [0.15, 0.2) is 0 Å². The Hall–Kier alpha value is -0.930. The number of rotatable bonds is 4. The quantitative estimate of drug-likeness (QED) is 0.655. The molecule has 0 saturated heterocycles. The third-order valence-corrected chi connectivity index (χ3v) is 2.77. The molecular weight excluding hydrogens is 230 g/mol. The van der Waals surface area contributed by atoms with Crippen molar-refractivity contribution < 1.29 is 4.74 Å². The Morgan fingerprint density at radius 1 is 1.29 bits per heavy atom. The Kier molecular flexibility index (Phi) is 5.09. The van der Waals surface area contributed by atoms with Crippen molar-refractivity contribution in [3.05, 3.63) is 35.9 Å². The SMILES string of the molecule is CCOC(NC(=S)c1ccccc1)C(C)(C)C. The van der Waals surface area contributed by atoms with Crippen LogP contribution in [0, 0.1) is 5.41 Å². The lowest BCUT2D eigenvalue weighted by Crippen LogP contribution is -2.45. The fraction of sp³-hybridized carbons (Fsp3) is 0.500. The first-order chi connectivity index (χ1) is 7.95. The Balaban J connectivity index is 2.71. The van der Waals surface area contributed by atoms with E-state index < -0.39 is 0 Å². The highest BCUT2D eigenvalue weighted by Crippen LogP contribution is 2.20. The maximum Gasteiger partial charge on any atom is 0.133 e. The zero-order valence-corrected chi connectivity index (χ0v) is 11.8. The van der Waals surface area contributed by atoms with Crippen LogP contribution in [0.1, 0.15) is 33.3 Å². The summed E-state index contributed by atoms with van der Waals surface area (Å²) in [4.78, 5) is 0.735. The van der Waals surface area contributed by atoms with E-state index in [1.165, 1.54) is 0 Å². The van der Waals surface area contributed by atoms with Crippen molar-refractivity contribution in [2.75, 3.05) is 6.61 Å². The van der Waals surface area contributed by atoms with Gasteiger partial charge in [-0.15, -0.1) is 0 Å². The van der Waals surface area contributed by atoms with Gasteiger partial charge >= 0.3 is 0 Å². The molecule has 0 aliphatic carbocycles. The fourth-order valence-corrected chi connectivity index (χ4v) is 1.71. The smallest absolute Gasteiger partial charge is 0.133 e. The second-order valence-electron chi connectivity index (χ2n) is 5.04. The molecule has 0 amide bonds. The topological polar surface area (TPSA) is 21.3 Å². The highest BCUT2D eigenvalue weighted by atomic mass is 32.1. The molecule has 0 heterocycles. The number of hydrogen-bond acceptors (Lipinski definition) is 2. The first-order valence-electron chi connectivity index (χ1n) is 5.92. The minimum absolute atomic E-state index is 0.00878. The van der Waals surface area contributed by atoms with Crippen LogP contribution in [-0.4, -0.2) is 17.8 Å². The van der Waals surface area contributed by atoms with Crippen LogP contribution in [0.5, 0.6) is 0 Å². The Bertz CT molecular complexity index is 356. The number of ether oxygens (including phenoxy) is 1. The molecule has 1 rings (SSSR count). The van der Waals surface area contributed by atoms with Crippen molar-refractivity contribution in [1.82, 2.24) is 5.32 Å². The van der Waals surface area contributed by atoms with Crippen molar-refractivity contribution in [1.29, 1.82) is 0 Å². The standard InChI is InChI=1S/C14H21NOS/c1-5-16-13(14(2,3)4)15-12(17)11-9-7-6-8-10-11/h6-10,13H,5H2,1-4H3,(H,15,17). The van der Waals surface area contributed by atoms with E-state index >= 15 is 0 Å². The Labute approximate surface area is 109 Å². The summed E-state index contributed by atoms with van der Waals surface area (Å²) in [7, 11) is 0. The average Bonchev–Trinajstić information content (AvgIpc) is 2.28. The summed E-state index contributed by atoms with van der Waals surface area (Å²) in [6.07, 6.45) is -0.0693. The molecule has 0 bridgehead atoms. The Morgan fingerprint density at radius 3 is 2.35 bits per heavy atom. The van der Waals surface area contributed by atoms with E-state index in [0.717, 1.165) is 10.6 Å². The van der Waals surface area contributed by atoms with Gasteiger partial charge in [0.1, 0.15) is 11.2 Å². The summed E-state index contributed by atoms with van der Waals surface area (Å²) in [6, 6.07) is 9.95. The highest BCUT2D eigenvalue weighted by Gasteiger charge is 2.25. The lowest BCUT2D eigenvalue weighted by atomic mass is 9.94. The monoisotopic (exact) mass is 251 g/mol. The summed E-state index contributed by atoms with van der Waals surface area (Å²) in [6.45, 7) is 9.06. The molecule has 1 unspecified atom stereocenters. The first kappa shape index (κ1) is 14.1. The van der Waals surface area contributed by atoms with Crippen molar-refractivity contribution in [2.24, 2.45) is 5.41 Å². The van der Waals surface area contributed by atoms with Crippen LogP contribution in [0.3, 0.4) is 0 Å².